The number of amides is 1. The van der Waals surface area contributed by atoms with Gasteiger partial charge < -0.3 is 15.4 Å². The number of carbonyl (C=O) groups excluding carboxylic acids is 1. The van der Waals surface area contributed by atoms with Gasteiger partial charge in [-0.05, 0) is 42.7 Å². The largest absolute Gasteiger partial charge is 0.373 e. The number of anilines is 1. The van der Waals surface area contributed by atoms with Crippen molar-refractivity contribution in [1.29, 1.82) is 0 Å². The Morgan fingerprint density at radius 2 is 1.70 bits per heavy atom. The molecule has 5 rings (SSSR count). The van der Waals surface area contributed by atoms with Crippen molar-refractivity contribution < 1.29 is 9.53 Å². The fourth-order valence-corrected chi connectivity index (χ4v) is 6.14. The maximum absolute atomic E-state index is 11.8. The molecule has 2 aliphatic heterocycles. The number of fused-ring (bicyclic) bond motifs is 2. The van der Waals surface area contributed by atoms with Crippen LogP contribution >= 0.6 is 0 Å². The number of ether oxygens (including phenoxy) is 1. The van der Waals surface area contributed by atoms with Gasteiger partial charge in [0, 0.05) is 62.4 Å². The minimum Gasteiger partial charge on any atom is -0.373 e. The van der Waals surface area contributed by atoms with Crippen molar-refractivity contribution in [2.24, 2.45) is 17.6 Å². The zero-order valence-corrected chi connectivity index (χ0v) is 17.7. The van der Waals surface area contributed by atoms with Gasteiger partial charge in [-0.3, -0.25) is 9.69 Å². The summed E-state index contributed by atoms with van der Waals surface area (Å²) in [6, 6.07) is 19.1. The number of nitrogens with zero attached hydrogens (tertiary/aromatic N) is 2. The van der Waals surface area contributed by atoms with Crippen LogP contribution in [0, 0.1) is 11.8 Å². The standard InChI is InChI=1S/C25H31N3O2/c1-30-25(19-8-5-7-18(13-19)24(26)29)20-9-6-10-21(25)15-27(14-20)23-16-28(17-23)22-11-3-2-4-12-22/h2-5,7-8,11-13,20-21,23H,6,9-10,14-17H2,1H3,(H2,26,29)/t20-,21+,25-. The van der Waals surface area contributed by atoms with Crippen LogP contribution in [0.4, 0.5) is 5.69 Å². The molecule has 158 valence electrons. The Labute approximate surface area is 178 Å². The number of benzene rings is 2. The molecule has 1 aliphatic carbocycles. The van der Waals surface area contributed by atoms with Crippen molar-refractivity contribution in [3.63, 3.8) is 0 Å². The summed E-state index contributed by atoms with van der Waals surface area (Å²) < 4.78 is 6.35. The van der Waals surface area contributed by atoms with E-state index in [9.17, 15) is 4.79 Å². The molecule has 2 heterocycles. The summed E-state index contributed by atoms with van der Waals surface area (Å²) in [5.74, 6) is 0.494. The molecule has 1 saturated carbocycles. The number of para-hydroxylation sites is 1. The molecule has 0 spiro atoms. The van der Waals surface area contributed by atoms with Gasteiger partial charge in [0.1, 0.15) is 5.60 Å². The minimum absolute atomic E-state index is 0.316. The maximum Gasteiger partial charge on any atom is 0.248 e. The van der Waals surface area contributed by atoms with Crippen LogP contribution in [0.3, 0.4) is 0 Å². The molecule has 30 heavy (non-hydrogen) atoms. The quantitative estimate of drug-likeness (QED) is 0.830. The van der Waals surface area contributed by atoms with Crippen molar-refractivity contribution >= 4 is 11.6 Å². The first kappa shape index (κ1) is 19.6. The van der Waals surface area contributed by atoms with Gasteiger partial charge in [0.05, 0.1) is 0 Å². The van der Waals surface area contributed by atoms with Gasteiger partial charge in [-0.1, -0.05) is 36.8 Å². The van der Waals surface area contributed by atoms with E-state index >= 15 is 0 Å². The van der Waals surface area contributed by atoms with E-state index in [4.69, 9.17) is 10.5 Å². The van der Waals surface area contributed by atoms with Crippen molar-refractivity contribution in [2.75, 3.05) is 38.2 Å². The summed E-state index contributed by atoms with van der Waals surface area (Å²) in [4.78, 5) is 16.9. The number of likely N-dealkylation sites (tertiary alicyclic amines) is 1. The van der Waals surface area contributed by atoms with E-state index in [1.54, 1.807) is 6.07 Å². The normalized spacial score (nSPS) is 29.4. The summed E-state index contributed by atoms with van der Waals surface area (Å²) in [5.41, 5.74) is 8.26. The minimum atomic E-state index is -0.374. The predicted molar refractivity (Wildman–Crippen MR) is 118 cm³/mol. The van der Waals surface area contributed by atoms with Gasteiger partial charge in [-0.25, -0.2) is 0 Å². The van der Waals surface area contributed by atoms with Crippen LogP contribution in [0.2, 0.25) is 0 Å². The topological polar surface area (TPSA) is 58.8 Å². The molecule has 2 saturated heterocycles. The van der Waals surface area contributed by atoms with Crippen LogP contribution in [0.25, 0.3) is 0 Å². The van der Waals surface area contributed by atoms with Crippen molar-refractivity contribution in [1.82, 2.24) is 4.90 Å². The van der Waals surface area contributed by atoms with E-state index < -0.39 is 0 Å². The highest BCUT2D eigenvalue weighted by Gasteiger charge is 2.54. The van der Waals surface area contributed by atoms with Crippen LogP contribution in [-0.2, 0) is 10.3 Å². The number of primary amides is 1. The Bertz CT molecular complexity index is 896. The van der Waals surface area contributed by atoms with Crippen LogP contribution < -0.4 is 10.6 Å². The first-order valence-corrected chi connectivity index (χ1v) is 11.1. The Kier molecular flexibility index (Phi) is 5.03. The van der Waals surface area contributed by atoms with Crippen molar-refractivity contribution in [2.45, 2.75) is 30.9 Å². The monoisotopic (exact) mass is 405 g/mol. The van der Waals surface area contributed by atoms with Crippen LogP contribution in [0.1, 0.15) is 35.2 Å². The Morgan fingerprint density at radius 1 is 1.00 bits per heavy atom. The van der Waals surface area contributed by atoms with E-state index in [0.717, 1.165) is 44.6 Å². The van der Waals surface area contributed by atoms with E-state index in [0.29, 0.717) is 23.4 Å². The number of rotatable bonds is 5. The lowest BCUT2D eigenvalue weighted by Gasteiger charge is -2.59. The molecule has 0 aromatic heterocycles. The number of carbonyl (C=O) groups is 1. The van der Waals surface area contributed by atoms with Crippen LogP contribution in [0.5, 0.6) is 0 Å². The Hall–Kier alpha value is -2.37. The molecule has 5 heteroatoms. The van der Waals surface area contributed by atoms with E-state index in [1.807, 2.05) is 19.2 Å². The Morgan fingerprint density at radius 3 is 2.33 bits per heavy atom. The van der Waals surface area contributed by atoms with Gasteiger partial charge in [0.2, 0.25) is 5.91 Å². The molecule has 2 bridgehead atoms. The molecule has 2 N–H and O–H groups in total. The predicted octanol–water partition coefficient (Wildman–Crippen LogP) is 3.25. The van der Waals surface area contributed by atoms with Gasteiger partial charge in [-0.15, -0.1) is 0 Å². The smallest absolute Gasteiger partial charge is 0.248 e. The van der Waals surface area contributed by atoms with Crippen molar-refractivity contribution in [3.05, 3.63) is 65.7 Å². The fourth-order valence-electron chi connectivity index (χ4n) is 6.14. The van der Waals surface area contributed by atoms with Crippen molar-refractivity contribution in [3.8, 4) is 0 Å². The second kappa shape index (κ2) is 7.71. The fraction of sp³-hybridized carbons (Fsp3) is 0.480. The highest BCUT2D eigenvalue weighted by Crippen LogP contribution is 2.52. The van der Waals surface area contributed by atoms with Gasteiger partial charge in [0.15, 0.2) is 0 Å². The maximum atomic E-state index is 11.8. The van der Waals surface area contributed by atoms with E-state index in [1.165, 1.54) is 12.1 Å². The number of piperidine rings is 1. The molecule has 0 radical (unpaired) electrons. The number of methoxy groups -OCH3 is 1. The molecule has 3 fully saturated rings. The zero-order chi connectivity index (χ0) is 20.7. The third-order valence-corrected chi connectivity index (χ3v) is 7.66. The van der Waals surface area contributed by atoms with Crippen LogP contribution in [0.15, 0.2) is 54.6 Å². The first-order valence-electron chi connectivity index (χ1n) is 11.1. The lowest BCUT2D eigenvalue weighted by Crippen LogP contribution is -2.67. The second-order valence-corrected chi connectivity index (χ2v) is 9.12. The second-order valence-electron chi connectivity index (χ2n) is 9.12. The summed E-state index contributed by atoms with van der Waals surface area (Å²) in [6.07, 6.45) is 3.58. The average Bonchev–Trinajstić information content (AvgIpc) is 2.73. The first-order chi connectivity index (χ1) is 14.6. The molecule has 3 atom stereocenters. The molecule has 3 aliphatic rings. The van der Waals surface area contributed by atoms with E-state index in [-0.39, 0.29) is 11.5 Å². The summed E-state index contributed by atoms with van der Waals surface area (Å²) in [5, 5.41) is 0. The highest BCUT2D eigenvalue weighted by molar-refractivity contribution is 5.92. The number of hydrogen-bond donors (Lipinski definition) is 1. The van der Waals surface area contributed by atoms with E-state index in [2.05, 4.69) is 46.2 Å². The third kappa shape index (κ3) is 3.12. The lowest BCUT2D eigenvalue weighted by molar-refractivity contribution is -0.175. The SMILES string of the molecule is CO[C@]1(c2cccc(C(N)=O)c2)[C@@H]2CCC[C@H]1CN(C1CN(c3ccccc3)C1)C2. The summed E-state index contributed by atoms with van der Waals surface area (Å²) in [7, 11) is 1.85. The number of nitrogens with two attached hydrogens (primary N) is 1. The Balaban J connectivity index is 1.36. The van der Waals surface area contributed by atoms with Gasteiger partial charge >= 0.3 is 0 Å². The summed E-state index contributed by atoms with van der Waals surface area (Å²) >= 11 is 0. The van der Waals surface area contributed by atoms with Gasteiger partial charge in [0.25, 0.3) is 0 Å². The molecule has 2 aromatic rings. The molecule has 2 aromatic carbocycles. The zero-order valence-electron chi connectivity index (χ0n) is 17.7. The highest BCUT2D eigenvalue weighted by atomic mass is 16.5. The summed E-state index contributed by atoms with van der Waals surface area (Å²) in [6.45, 7) is 4.30. The molecule has 5 nitrogen and oxygen atoms in total. The molecular formula is C25H31N3O2. The van der Waals surface area contributed by atoms with Crippen LogP contribution in [-0.4, -0.2) is 50.1 Å². The number of hydrogen-bond acceptors (Lipinski definition) is 4. The lowest BCUT2D eigenvalue weighted by atomic mass is 9.62. The molecular weight excluding hydrogens is 374 g/mol. The molecule has 0 unspecified atom stereocenters. The average molecular weight is 406 g/mol. The third-order valence-electron chi connectivity index (χ3n) is 7.66. The van der Waals surface area contributed by atoms with Gasteiger partial charge in [-0.2, -0.15) is 0 Å². The molecule has 1 amide bonds.